The fourth-order valence-corrected chi connectivity index (χ4v) is 3.41. The predicted octanol–water partition coefficient (Wildman–Crippen LogP) is 2.87. The van der Waals surface area contributed by atoms with E-state index in [0.29, 0.717) is 6.54 Å². The number of aryl methyl sites for hydroxylation is 1. The summed E-state index contributed by atoms with van der Waals surface area (Å²) in [5, 5.41) is 2.98. The fourth-order valence-electron chi connectivity index (χ4n) is 3.41. The van der Waals surface area contributed by atoms with Gasteiger partial charge in [-0.1, -0.05) is 12.1 Å². The monoisotopic (exact) mass is 330 g/mol. The van der Waals surface area contributed by atoms with Gasteiger partial charge in [-0.2, -0.15) is 0 Å². The number of carbonyl (C=O) groups excluding carboxylic acids is 1. The third-order valence-corrected chi connectivity index (χ3v) is 4.83. The minimum absolute atomic E-state index is 0.0571. The summed E-state index contributed by atoms with van der Waals surface area (Å²) < 4.78 is 15.0. The van der Waals surface area contributed by atoms with Crippen molar-refractivity contribution in [2.24, 2.45) is 7.05 Å². The average molecular weight is 330 g/mol. The SMILES string of the molecule is Cn1cncc1CNC(=O)N1CCC[C@]1(C)Cc1ccc(F)cc1. The lowest BCUT2D eigenvalue weighted by Gasteiger charge is -2.35. The summed E-state index contributed by atoms with van der Waals surface area (Å²) in [7, 11) is 1.91. The molecule has 1 saturated heterocycles. The van der Waals surface area contributed by atoms with Gasteiger partial charge in [-0.25, -0.2) is 14.2 Å². The number of carbonyl (C=O) groups is 1. The lowest BCUT2D eigenvalue weighted by Crippen LogP contribution is -2.50. The number of aromatic nitrogens is 2. The second-order valence-corrected chi connectivity index (χ2v) is 6.71. The highest BCUT2D eigenvalue weighted by molar-refractivity contribution is 5.75. The van der Waals surface area contributed by atoms with Crippen molar-refractivity contribution in [1.82, 2.24) is 19.8 Å². The Kier molecular flexibility index (Phi) is 4.55. The van der Waals surface area contributed by atoms with Crippen LogP contribution in [0.25, 0.3) is 0 Å². The zero-order valence-corrected chi connectivity index (χ0v) is 14.1. The van der Waals surface area contributed by atoms with Crippen LogP contribution in [0.3, 0.4) is 0 Å². The van der Waals surface area contributed by atoms with E-state index in [1.54, 1.807) is 24.7 Å². The largest absolute Gasteiger partial charge is 0.336 e. The van der Waals surface area contributed by atoms with Crippen molar-refractivity contribution in [2.45, 2.75) is 38.3 Å². The van der Waals surface area contributed by atoms with Gasteiger partial charge in [-0.3, -0.25) is 0 Å². The molecule has 3 rings (SSSR count). The maximum atomic E-state index is 13.1. The molecule has 128 valence electrons. The van der Waals surface area contributed by atoms with Gasteiger partial charge in [0, 0.05) is 25.3 Å². The van der Waals surface area contributed by atoms with Gasteiger partial charge < -0.3 is 14.8 Å². The Bertz CT molecular complexity index is 712. The van der Waals surface area contributed by atoms with Gasteiger partial charge in [0.15, 0.2) is 0 Å². The molecule has 1 aromatic heterocycles. The molecular formula is C18H23FN4O. The molecular weight excluding hydrogens is 307 g/mol. The first-order valence-corrected chi connectivity index (χ1v) is 8.23. The van der Waals surface area contributed by atoms with Crippen molar-refractivity contribution in [1.29, 1.82) is 0 Å². The Balaban J connectivity index is 1.66. The normalized spacial score (nSPS) is 20.4. The number of nitrogens with one attached hydrogen (secondary N) is 1. The first-order chi connectivity index (χ1) is 11.5. The highest BCUT2D eigenvalue weighted by Crippen LogP contribution is 2.32. The average Bonchev–Trinajstić information content (AvgIpc) is 3.13. The van der Waals surface area contributed by atoms with Gasteiger partial charge in [0.05, 0.1) is 18.6 Å². The molecule has 0 unspecified atom stereocenters. The molecule has 6 heteroatoms. The molecule has 24 heavy (non-hydrogen) atoms. The summed E-state index contributed by atoms with van der Waals surface area (Å²) in [6.45, 7) is 3.31. The van der Waals surface area contributed by atoms with E-state index in [1.807, 2.05) is 16.5 Å². The molecule has 0 bridgehead atoms. The van der Waals surface area contributed by atoms with E-state index in [4.69, 9.17) is 0 Å². The molecule has 0 radical (unpaired) electrons. The lowest BCUT2D eigenvalue weighted by molar-refractivity contribution is 0.155. The highest BCUT2D eigenvalue weighted by atomic mass is 19.1. The Morgan fingerprint density at radius 3 is 2.79 bits per heavy atom. The maximum absolute atomic E-state index is 13.1. The van der Waals surface area contributed by atoms with Gasteiger partial charge in [-0.15, -0.1) is 0 Å². The van der Waals surface area contributed by atoms with Gasteiger partial charge in [0.1, 0.15) is 5.82 Å². The van der Waals surface area contributed by atoms with Crippen LogP contribution in [0.1, 0.15) is 31.0 Å². The summed E-state index contributed by atoms with van der Waals surface area (Å²) in [4.78, 5) is 18.6. The first kappa shape index (κ1) is 16.5. The smallest absolute Gasteiger partial charge is 0.318 e. The van der Waals surface area contributed by atoms with Crippen molar-refractivity contribution < 1.29 is 9.18 Å². The van der Waals surface area contributed by atoms with Crippen LogP contribution in [0.2, 0.25) is 0 Å². The van der Waals surface area contributed by atoms with Crippen LogP contribution in [-0.2, 0) is 20.0 Å². The van der Waals surface area contributed by atoms with E-state index < -0.39 is 0 Å². The topological polar surface area (TPSA) is 50.2 Å². The number of likely N-dealkylation sites (tertiary alicyclic amines) is 1. The molecule has 1 aliphatic heterocycles. The van der Waals surface area contributed by atoms with Gasteiger partial charge >= 0.3 is 6.03 Å². The molecule has 1 fully saturated rings. The molecule has 5 nitrogen and oxygen atoms in total. The van der Waals surface area contributed by atoms with E-state index in [0.717, 1.165) is 37.1 Å². The summed E-state index contributed by atoms with van der Waals surface area (Å²) in [5.41, 5.74) is 1.77. The molecule has 2 aromatic rings. The molecule has 2 amide bonds. The second kappa shape index (κ2) is 6.63. The lowest BCUT2D eigenvalue weighted by atomic mass is 9.90. The number of hydrogen-bond donors (Lipinski definition) is 1. The van der Waals surface area contributed by atoms with E-state index in [-0.39, 0.29) is 17.4 Å². The molecule has 2 heterocycles. The Morgan fingerprint density at radius 1 is 1.38 bits per heavy atom. The molecule has 1 atom stereocenters. The van der Waals surface area contributed by atoms with E-state index >= 15 is 0 Å². The van der Waals surface area contributed by atoms with Gasteiger partial charge in [0.25, 0.3) is 0 Å². The number of amides is 2. The summed E-state index contributed by atoms with van der Waals surface area (Å²) >= 11 is 0. The highest BCUT2D eigenvalue weighted by Gasteiger charge is 2.39. The zero-order valence-electron chi connectivity index (χ0n) is 14.1. The quantitative estimate of drug-likeness (QED) is 0.937. The van der Waals surface area contributed by atoms with E-state index in [1.165, 1.54) is 12.1 Å². The Labute approximate surface area is 141 Å². The van der Waals surface area contributed by atoms with Gasteiger partial charge in [-0.05, 0) is 43.9 Å². The fraction of sp³-hybridized carbons (Fsp3) is 0.444. The van der Waals surface area contributed by atoms with Crippen LogP contribution in [0.4, 0.5) is 9.18 Å². The van der Waals surface area contributed by atoms with Crippen molar-refractivity contribution in [3.8, 4) is 0 Å². The maximum Gasteiger partial charge on any atom is 0.318 e. The number of nitrogens with zero attached hydrogens (tertiary/aromatic N) is 3. The van der Waals surface area contributed by atoms with Crippen LogP contribution in [0.5, 0.6) is 0 Å². The van der Waals surface area contributed by atoms with Crippen molar-refractivity contribution in [3.05, 3.63) is 53.9 Å². The van der Waals surface area contributed by atoms with E-state index in [9.17, 15) is 9.18 Å². The number of urea groups is 1. The summed E-state index contributed by atoms with van der Waals surface area (Å²) in [6, 6.07) is 6.48. The first-order valence-electron chi connectivity index (χ1n) is 8.23. The number of rotatable bonds is 4. The minimum atomic E-state index is -0.242. The molecule has 0 spiro atoms. The number of halogens is 1. The van der Waals surface area contributed by atoms with Crippen molar-refractivity contribution in [2.75, 3.05) is 6.54 Å². The molecule has 0 aliphatic carbocycles. The molecule has 1 N–H and O–H groups in total. The van der Waals surface area contributed by atoms with Crippen LogP contribution >= 0.6 is 0 Å². The number of benzene rings is 1. The molecule has 1 aliphatic rings. The van der Waals surface area contributed by atoms with Gasteiger partial charge in [0.2, 0.25) is 0 Å². The van der Waals surface area contributed by atoms with Crippen LogP contribution < -0.4 is 5.32 Å². The third-order valence-electron chi connectivity index (χ3n) is 4.83. The number of imidazole rings is 1. The number of hydrogen-bond acceptors (Lipinski definition) is 2. The Hall–Kier alpha value is -2.37. The predicted molar refractivity (Wildman–Crippen MR) is 89.9 cm³/mol. The van der Waals surface area contributed by atoms with Crippen LogP contribution in [-0.4, -0.2) is 32.6 Å². The van der Waals surface area contributed by atoms with E-state index in [2.05, 4.69) is 17.2 Å². The third kappa shape index (κ3) is 3.42. The zero-order chi connectivity index (χ0) is 17.2. The second-order valence-electron chi connectivity index (χ2n) is 6.71. The Morgan fingerprint density at radius 2 is 2.12 bits per heavy atom. The summed E-state index contributed by atoms with van der Waals surface area (Å²) in [6.07, 6.45) is 6.13. The van der Waals surface area contributed by atoms with Crippen LogP contribution in [0, 0.1) is 5.82 Å². The van der Waals surface area contributed by atoms with Crippen molar-refractivity contribution in [3.63, 3.8) is 0 Å². The molecule has 0 saturated carbocycles. The molecule has 1 aromatic carbocycles. The van der Waals surface area contributed by atoms with Crippen LogP contribution in [0.15, 0.2) is 36.8 Å². The minimum Gasteiger partial charge on any atom is -0.336 e. The van der Waals surface area contributed by atoms with Crippen molar-refractivity contribution >= 4 is 6.03 Å². The standard InChI is InChI=1S/C18H23FN4O/c1-18(10-14-4-6-15(19)7-5-14)8-3-9-23(18)17(24)21-12-16-11-20-13-22(16)2/h4-7,11,13H,3,8-10,12H2,1-2H3,(H,21,24)/t18-/m1/s1. The summed E-state index contributed by atoms with van der Waals surface area (Å²) in [5.74, 6) is -0.235.